The van der Waals surface area contributed by atoms with Gasteiger partial charge in [0, 0.05) is 6.61 Å². The van der Waals surface area contributed by atoms with E-state index in [0.717, 1.165) is 7.11 Å². The number of hydrogen-bond donors (Lipinski definition) is 1. The topological polar surface area (TPSA) is 78.6 Å². The molecule has 0 radical (unpaired) electrons. The smallest absolute Gasteiger partial charge is 0.270 e. The minimum Gasteiger partial charge on any atom is -0.363 e. The summed E-state index contributed by atoms with van der Waals surface area (Å²) >= 11 is 0. The largest absolute Gasteiger partial charge is 0.363 e. The van der Waals surface area contributed by atoms with Crippen LogP contribution in [0.1, 0.15) is 6.92 Å². The van der Waals surface area contributed by atoms with E-state index in [0.29, 0.717) is 6.61 Å². The van der Waals surface area contributed by atoms with Gasteiger partial charge in [-0.3, -0.25) is 4.18 Å². The molecule has 0 bridgehead atoms. The van der Waals surface area contributed by atoms with Crippen LogP contribution in [0.15, 0.2) is 0 Å². The molecule has 0 aliphatic heterocycles. The van der Waals surface area contributed by atoms with Gasteiger partial charge in [0.2, 0.25) is 0 Å². The Balaban J connectivity index is 3.84. The van der Waals surface area contributed by atoms with Crippen molar-refractivity contribution in [1.82, 2.24) is 0 Å². The summed E-state index contributed by atoms with van der Waals surface area (Å²) in [7, 11) is -2.40. The normalized spacial score (nSPS) is 14.8. The maximum absolute atomic E-state index is 10.7. The van der Waals surface area contributed by atoms with Crippen LogP contribution in [0, 0.1) is 0 Å². The van der Waals surface area contributed by atoms with Crippen LogP contribution in [-0.4, -0.2) is 34.1 Å². The van der Waals surface area contributed by atoms with Crippen LogP contribution in [0.2, 0.25) is 0 Å². The van der Waals surface area contributed by atoms with E-state index in [-0.39, 0.29) is 5.75 Å². The van der Waals surface area contributed by atoms with Crippen LogP contribution >= 0.6 is 0 Å². The van der Waals surface area contributed by atoms with Crippen molar-refractivity contribution < 1.29 is 17.3 Å². The lowest BCUT2D eigenvalue weighted by molar-refractivity contribution is 0.0820. The second-order valence-electron chi connectivity index (χ2n) is 1.88. The SMILES string of the molecule is CCOC(N)CS(=O)(=O)OC. The van der Waals surface area contributed by atoms with Crippen LogP contribution < -0.4 is 5.73 Å². The lowest BCUT2D eigenvalue weighted by Crippen LogP contribution is -2.32. The highest BCUT2D eigenvalue weighted by molar-refractivity contribution is 7.86. The highest BCUT2D eigenvalue weighted by Gasteiger charge is 2.14. The zero-order valence-corrected chi connectivity index (χ0v) is 7.43. The molecule has 0 fully saturated rings. The molecule has 0 saturated carbocycles. The van der Waals surface area contributed by atoms with Gasteiger partial charge < -0.3 is 10.5 Å². The maximum atomic E-state index is 10.7. The van der Waals surface area contributed by atoms with Crippen LogP contribution in [0.5, 0.6) is 0 Å². The van der Waals surface area contributed by atoms with Gasteiger partial charge in [0.15, 0.2) is 0 Å². The number of hydrogen-bond acceptors (Lipinski definition) is 5. The predicted molar refractivity (Wildman–Crippen MR) is 40.4 cm³/mol. The molecule has 2 N–H and O–H groups in total. The highest BCUT2D eigenvalue weighted by Crippen LogP contribution is 1.94. The molecule has 0 aromatic rings. The molecular weight excluding hydrogens is 170 g/mol. The van der Waals surface area contributed by atoms with Gasteiger partial charge in [-0.05, 0) is 6.92 Å². The Morgan fingerprint density at radius 2 is 2.09 bits per heavy atom. The average molecular weight is 183 g/mol. The molecule has 68 valence electrons. The van der Waals surface area contributed by atoms with Crippen molar-refractivity contribution in [3.8, 4) is 0 Å². The summed E-state index contributed by atoms with van der Waals surface area (Å²) in [5, 5.41) is 0. The maximum Gasteiger partial charge on any atom is 0.270 e. The molecule has 0 heterocycles. The second kappa shape index (κ2) is 4.66. The summed E-state index contributed by atoms with van der Waals surface area (Å²) < 4.78 is 30.4. The van der Waals surface area contributed by atoms with Crippen LogP contribution in [-0.2, 0) is 19.0 Å². The third-order valence-electron chi connectivity index (χ3n) is 1.00. The van der Waals surface area contributed by atoms with Crippen molar-refractivity contribution in [3.05, 3.63) is 0 Å². The summed E-state index contributed by atoms with van der Waals surface area (Å²) in [4.78, 5) is 0. The van der Waals surface area contributed by atoms with Gasteiger partial charge in [0.05, 0.1) is 7.11 Å². The monoisotopic (exact) mass is 183 g/mol. The minimum atomic E-state index is -3.49. The predicted octanol–water partition coefficient (Wildman–Crippen LogP) is -0.716. The first-order chi connectivity index (χ1) is 5.02. The van der Waals surface area contributed by atoms with E-state index in [1.807, 2.05) is 0 Å². The molecule has 6 heteroatoms. The van der Waals surface area contributed by atoms with E-state index >= 15 is 0 Å². The van der Waals surface area contributed by atoms with Gasteiger partial charge in [0.25, 0.3) is 10.1 Å². The molecule has 0 aromatic heterocycles. The van der Waals surface area contributed by atoms with Gasteiger partial charge >= 0.3 is 0 Å². The van der Waals surface area contributed by atoms with Crippen LogP contribution in [0.25, 0.3) is 0 Å². The average Bonchev–Trinajstić information content (AvgIpc) is 1.87. The molecule has 1 unspecified atom stereocenters. The fourth-order valence-electron chi connectivity index (χ4n) is 0.531. The quantitative estimate of drug-likeness (QED) is 0.449. The molecule has 0 aliphatic carbocycles. The van der Waals surface area contributed by atoms with Crippen LogP contribution in [0.4, 0.5) is 0 Å². The molecule has 1 atom stereocenters. The zero-order valence-electron chi connectivity index (χ0n) is 6.61. The van der Waals surface area contributed by atoms with Gasteiger partial charge in [-0.2, -0.15) is 8.42 Å². The summed E-state index contributed by atoms with van der Waals surface area (Å²) in [6.45, 7) is 2.12. The van der Waals surface area contributed by atoms with Gasteiger partial charge in [-0.1, -0.05) is 0 Å². The Hall–Kier alpha value is -0.170. The van der Waals surface area contributed by atoms with Gasteiger partial charge in [-0.25, -0.2) is 0 Å². The number of nitrogens with two attached hydrogens (primary N) is 1. The Labute approximate surface area is 66.6 Å². The third kappa shape index (κ3) is 5.14. The molecule has 0 spiro atoms. The van der Waals surface area contributed by atoms with E-state index in [1.54, 1.807) is 6.92 Å². The molecular formula is C5H13NO4S. The summed E-state index contributed by atoms with van der Waals surface area (Å²) in [6, 6.07) is 0. The molecule has 0 aliphatic rings. The summed E-state index contributed by atoms with van der Waals surface area (Å²) in [5.74, 6) is -0.308. The van der Waals surface area contributed by atoms with Crippen molar-refractivity contribution in [2.45, 2.75) is 13.2 Å². The second-order valence-corrected chi connectivity index (χ2v) is 3.67. The number of rotatable bonds is 5. The van der Waals surface area contributed by atoms with Crippen LogP contribution in [0.3, 0.4) is 0 Å². The van der Waals surface area contributed by atoms with Crippen molar-refractivity contribution in [1.29, 1.82) is 0 Å². The van der Waals surface area contributed by atoms with Gasteiger partial charge in [0.1, 0.15) is 12.0 Å². The first-order valence-corrected chi connectivity index (χ1v) is 4.75. The third-order valence-corrected chi connectivity index (χ3v) is 2.25. The molecule has 0 rings (SSSR count). The molecule has 11 heavy (non-hydrogen) atoms. The molecule has 0 aromatic carbocycles. The summed E-state index contributed by atoms with van der Waals surface area (Å²) in [5.41, 5.74) is 5.26. The van der Waals surface area contributed by atoms with E-state index in [1.165, 1.54) is 0 Å². The lowest BCUT2D eigenvalue weighted by Gasteiger charge is -2.09. The van der Waals surface area contributed by atoms with Crippen molar-refractivity contribution >= 4 is 10.1 Å². The van der Waals surface area contributed by atoms with Crippen molar-refractivity contribution in [2.24, 2.45) is 5.73 Å². The molecule has 0 amide bonds. The molecule has 5 nitrogen and oxygen atoms in total. The molecule has 0 saturated heterocycles. The summed E-state index contributed by atoms with van der Waals surface area (Å²) in [6.07, 6.45) is -0.801. The fraction of sp³-hybridized carbons (Fsp3) is 1.00. The Kier molecular flexibility index (Phi) is 4.58. The van der Waals surface area contributed by atoms with E-state index < -0.39 is 16.3 Å². The lowest BCUT2D eigenvalue weighted by atomic mass is 10.7. The first-order valence-electron chi connectivity index (χ1n) is 3.17. The standard InChI is InChI=1S/C5H13NO4S/c1-3-10-5(6)4-11(7,8)9-2/h5H,3-4,6H2,1-2H3. The van der Waals surface area contributed by atoms with Crippen molar-refractivity contribution in [2.75, 3.05) is 19.5 Å². The van der Waals surface area contributed by atoms with Gasteiger partial charge in [-0.15, -0.1) is 0 Å². The highest BCUT2D eigenvalue weighted by atomic mass is 32.2. The Morgan fingerprint density at radius 3 is 2.45 bits per heavy atom. The Bertz CT molecular complexity index is 189. The van der Waals surface area contributed by atoms with E-state index in [4.69, 9.17) is 10.5 Å². The Morgan fingerprint density at radius 1 is 1.55 bits per heavy atom. The first kappa shape index (κ1) is 10.8. The van der Waals surface area contributed by atoms with E-state index in [2.05, 4.69) is 4.18 Å². The number of ether oxygens (including phenoxy) is 1. The minimum absolute atomic E-state index is 0.308. The zero-order chi connectivity index (χ0) is 8.91. The fourth-order valence-corrected chi connectivity index (χ4v) is 1.17. The van der Waals surface area contributed by atoms with Crippen molar-refractivity contribution in [3.63, 3.8) is 0 Å². The van der Waals surface area contributed by atoms with E-state index in [9.17, 15) is 8.42 Å².